The van der Waals surface area contributed by atoms with Crippen LogP contribution in [0.5, 0.6) is 0 Å². The minimum atomic E-state index is -0.179. The number of nitrogens with one attached hydrogen (secondary N) is 2. The van der Waals surface area contributed by atoms with Gasteiger partial charge in [-0.3, -0.25) is 9.59 Å². The van der Waals surface area contributed by atoms with E-state index in [1.54, 1.807) is 12.1 Å². The number of carbonyl (C=O) groups excluding carboxylic acids is 2. The summed E-state index contributed by atoms with van der Waals surface area (Å²) >= 11 is 0. The lowest BCUT2D eigenvalue weighted by atomic mass is 10.0. The van der Waals surface area contributed by atoms with Gasteiger partial charge in [-0.15, -0.1) is 0 Å². The van der Waals surface area contributed by atoms with Crippen LogP contribution in [0.15, 0.2) is 29.4 Å². The Bertz CT molecular complexity index is 523. The summed E-state index contributed by atoms with van der Waals surface area (Å²) in [7, 11) is 0. The number of hydrogen-bond donors (Lipinski definition) is 2. The lowest BCUT2D eigenvalue weighted by molar-refractivity contribution is -0.121. The van der Waals surface area contributed by atoms with Gasteiger partial charge >= 0.3 is 0 Å². The molecule has 0 bridgehead atoms. The Kier molecular flexibility index (Phi) is 4.84. The van der Waals surface area contributed by atoms with Crippen molar-refractivity contribution in [2.45, 2.75) is 19.8 Å². The molecule has 2 amide bonds. The average molecular weight is 275 g/mol. The van der Waals surface area contributed by atoms with Gasteiger partial charge in [0.1, 0.15) is 6.61 Å². The Hall–Kier alpha value is -2.21. The molecule has 0 saturated carbocycles. The Labute approximate surface area is 117 Å². The number of amides is 2. The molecule has 2 N–H and O–H groups in total. The molecule has 0 saturated heterocycles. The number of hydrogen-bond acceptors (Lipinski definition) is 4. The zero-order chi connectivity index (χ0) is 14.4. The molecule has 1 aromatic rings. The molecular weight excluding hydrogens is 258 g/mol. The van der Waals surface area contributed by atoms with Gasteiger partial charge in [-0.05, 0) is 24.6 Å². The molecule has 6 heteroatoms. The summed E-state index contributed by atoms with van der Waals surface area (Å²) in [6, 6.07) is 7.34. The second-order valence-corrected chi connectivity index (χ2v) is 4.36. The van der Waals surface area contributed by atoms with Gasteiger partial charge in [0.15, 0.2) is 0 Å². The van der Waals surface area contributed by atoms with E-state index in [1.807, 2.05) is 19.1 Å². The second kappa shape index (κ2) is 6.81. The first-order valence-electron chi connectivity index (χ1n) is 6.52. The molecule has 0 radical (unpaired) electrons. The van der Waals surface area contributed by atoms with Crippen LogP contribution in [0.1, 0.15) is 25.3 Å². The van der Waals surface area contributed by atoms with Gasteiger partial charge in [-0.25, -0.2) is 5.43 Å². The van der Waals surface area contributed by atoms with Crippen molar-refractivity contribution in [3.63, 3.8) is 0 Å². The zero-order valence-corrected chi connectivity index (χ0v) is 11.3. The number of rotatable bonds is 5. The monoisotopic (exact) mass is 275 g/mol. The first-order valence-corrected chi connectivity index (χ1v) is 6.52. The Balaban J connectivity index is 1.96. The van der Waals surface area contributed by atoms with Gasteiger partial charge in [0, 0.05) is 25.1 Å². The van der Waals surface area contributed by atoms with E-state index in [0.717, 1.165) is 11.3 Å². The molecule has 0 atom stereocenters. The average Bonchev–Trinajstić information content (AvgIpc) is 2.47. The first-order chi connectivity index (χ1) is 9.69. The molecule has 1 aliphatic heterocycles. The van der Waals surface area contributed by atoms with E-state index in [0.29, 0.717) is 25.1 Å². The van der Waals surface area contributed by atoms with Crippen molar-refractivity contribution >= 4 is 23.2 Å². The van der Waals surface area contributed by atoms with Gasteiger partial charge in [0.25, 0.3) is 0 Å². The summed E-state index contributed by atoms with van der Waals surface area (Å²) in [5.74, 6) is -0.240. The van der Waals surface area contributed by atoms with Crippen molar-refractivity contribution in [2.24, 2.45) is 5.10 Å². The Morgan fingerprint density at radius 1 is 1.35 bits per heavy atom. The highest BCUT2D eigenvalue weighted by Gasteiger charge is 2.13. The van der Waals surface area contributed by atoms with E-state index in [2.05, 4.69) is 15.8 Å². The third kappa shape index (κ3) is 3.89. The van der Waals surface area contributed by atoms with Crippen LogP contribution in [-0.4, -0.2) is 30.7 Å². The molecule has 0 spiro atoms. The van der Waals surface area contributed by atoms with Crippen LogP contribution in [0, 0.1) is 0 Å². The topological polar surface area (TPSA) is 79.8 Å². The van der Waals surface area contributed by atoms with Crippen LogP contribution >= 0.6 is 0 Å². The van der Waals surface area contributed by atoms with Gasteiger partial charge in [0.2, 0.25) is 11.8 Å². The third-order valence-electron chi connectivity index (χ3n) is 2.84. The summed E-state index contributed by atoms with van der Waals surface area (Å²) in [5.41, 5.74) is 4.95. The summed E-state index contributed by atoms with van der Waals surface area (Å²) < 4.78 is 5.03. The van der Waals surface area contributed by atoms with Crippen LogP contribution in [-0.2, 0) is 14.3 Å². The fraction of sp³-hybridized carbons (Fsp3) is 0.357. The van der Waals surface area contributed by atoms with Crippen LogP contribution < -0.4 is 10.7 Å². The largest absolute Gasteiger partial charge is 0.372 e. The number of anilines is 1. The van der Waals surface area contributed by atoms with Crippen molar-refractivity contribution < 1.29 is 14.3 Å². The highest BCUT2D eigenvalue weighted by atomic mass is 16.5. The lowest BCUT2D eigenvalue weighted by Crippen LogP contribution is -2.25. The highest BCUT2D eigenvalue weighted by Crippen LogP contribution is 2.14. The molecule has 0 aliphatic carbocycles. The normalized spacial score (nSPS) is 14.4. The Morgan fingerprint density at radius 2 is 2.10 bits per heavy atom. The van der Waals surface area contributed by atoms with E-state index in [9.17, 15) is 9.59 Å². The summed E-state index contributed by atoms with van der Waals surface area (Å²) in [6.45, 7) is 2.40. The molecule has 2 rings (SSSR count). The van der Waals surface area contributed by atoms with Crippen molar-refractivity contribution in [2.75, 3.05) is 18.5 Å². The standard InChI is InChI=1S/C14H17N3O3/c1-2-20-9-14(19)15-11-5-3-10(4-6-11)12-7-8-13(18)17-16-12/h3-6H,2,7-9H2,1H3,(H,15,19)(H,17,18). The number of carbonyl (C=O) groups is 2. The minimum absolute atomic E-state index is 0.0526. The highest BCUT2D eigenvalue weighted by molar-refractivity contribution is 6.04. The van der Waals surface area contributed by atoms with E-state index < -0.39 is 0 Å². The Morgan fingerprint density at radius 3 is 2.70 bits per heavy atom. The zero-order valence-electron chi connectivity index (χ0n) is 11.3. The molecule has 0 fully saturated rings. The van der Waals surface area contributed by atoms with Crippen molar-refractivity contribution in [3.8, 4) is 0 Å². The number of ether oxygens (including phenoxy) is 1. The minimum Gasteiger partial charge on any atom is -0.372 e. The van der Waals surface area contributed by atoms with Crippen LogP contribution in [0.25, 0.3) is 0 Å². The summed E-state index contributed by atoms with van der Waals surface area (Å²) in [6.07, 6.45) is 1.08. The first kappa shape index (κ1) is 14.2. The fourth-order valence-electron chi connectivity index (χ4n) is 1.82. The molecule has 1 aromatic carbocycles. The maximum absolute atomic E-state index is 11.5. The van der Waals surface area contributed by atoms with Gasteiger partial charge in [-0.1, -0.05) is 12.1 Å². The van der Waals surface area contributed by atoms with Crippen molar-refractivity contribution in [1.29, 1.82) is 0 Å². The fourth-order valence-corrected chi connectivity index (χ4v) is 1.82. The van der Waals surface area contributed by atoms with Crippen molar-refractivity contribution in [1.82, 2.24) is 5.43 Å². The predicted octanol–water partition coefficient (Wildman–Crippen LogP) is 1.28. The third-order valence-corrected chi connectivity index (χ3v) is 2.84. The number of nitrogens with zero attached hydrogens (tertiary/aromatic N) is 1. The molecule has 1 heterocycles. The van der Waals surface area contributed by atoms with E-state index >= 15 is 0 Å². The maximum Gasteiger partial charge on any atom is 0.250 e. The molecular formula is C14H17N3O3. The van der Waals surface area contributed by atoms with Crippen LogP contribution in [0.3, 0.4) is 0 Å². The molecule has 106 valence electrons. The quantitative estimate of drug-likeness (QED) is 0.849. The van der Waals surface area contributed by atoms with Gasteiger partial charge in [0.05, 0.1) is 5.71 Å². The van der Waals surface area contributed by atoms with Crippen LogP contribution in [0.4, 0.5) is 5.69 Å². The molecule has 0 aromatic heterocycles. The maximum atomic E-state index is 11.5. The molecule has 6 nitrogen and oxygen atoms in total. The summed E-state index contributed by atoms with van der Waals surface area (Å²) in [4.78, 5) is 22.5. The number of hydrazone groups is 1. The lowest BCUT2D eigenvalue weighted by Gasteiger charge is -2.12. The van der Waals surface area contributed by atoms with E-state index in [1.165, 1.54) is 0 Å². The summed E-state index contributed by atoms with van der Waals surface area (Å²) in [5, 5.41) is 6.76. The van der Waals surface area contributed by atoms with Gasteiger partial charge < -0.3 is 10.1 Å². The molecule has 0 unspecified atom stereocenters. The molecule has 20 heavy (non-hydrogen) atoms. The van der Waals surface area contributed by atoms with Crippen molar-refractivity contribution in [3.05, 3.63) is 29.8 Å². The molecule has 1 aliphatic rings. The smallest absolute Gasteiger partial charge is 0.250 e. The SMILES string of the molecule is CCOCC(=O)Nc1ccc(C2=NNC(=O)CC2)cc1. The van der Waals surface area contributed by atoms with Crippen LogP contribution in [0.2, 0.25) is 0 Å². The van der Waals surface area contributed by atoms with E-state index in [-0.39, 0.29) is 18.4 Å². The van der Waals surface area contributed by atoms with Gasteiger partial charge in [-0.2, -0.15) is 5.10 Å². The predicted molar refractivity (Wildman–Crippen MR) is 75.5 cm³/mol. The van der Waals surface area contributed by atoms with E-state index in [4.69, 9.17) is 4.74 Å². The second-order valence-electron chi connectivity index (χ2n) is 4.36. The number of benzene rings is 1.